The zero-order valence-corrected chi connectivity index (χ0v) is 17.1. The lowest BCUT2D eigenvalue weighted by atomic mass is 9.93. The van der Waals surface area contributed by atoms with E-state index in [0.717, 1.165) is 30.6 Å². The Morgan fingerprint density at radius 2 is 1.56 bits per heavy atom. The van der Waals surface area contributed by atoms with Crippen molar-refractivity contribution in [3.63, 3.8) is 0 Å². The Morgan fingerprint density at radius 3 is 1.96 bits per heavy atom. The van der Waals surface area contributed by atoms with E-state index < -0.39 is 42.2 Å². The molecular formula is C19H33F3N2O3. The molecule has 1 aliphatic heterocycles. The lowest BCUT2D eigenvalue weighted by Crippen LogP contribution is -2.43. The third kappa shape index (κ3) is 7.22. The summed E-state index contributed by atoms with van der Waals surface area (Å²) < 4.78 is 45.9. The molecule has 1 rings (SSSR count). The minimum atomic E-state index is -4.54. The van der Waals surface area contributed by atoms with Crippen LogP contribution in [0.1, 0.15) is 60.3 Å². The van der Waals surface area contributed by atoms with Crippen LogP contribution in [0.3, 0.4) is 0 Å². The molecule has 1 heterocycles. The average molecular weight is 394 g/mol. The molecule has 158 valence electrons. The molecule has 1 fully saturated rings. The smallest absolute Gasteiger partial charge is 0.410 e. The Bertz CT molecular complexity index is 495. The van der Waals surface area contributed by atoms with Gasteiger partial charge < -0.3 is 14.5 Å². The zero-order chi connectivity index (χ0) is 20.8. The number of amides is 2. The molecule has 0 radical (unpaired) electrons. The van der Waals surface area contributed by atoms with Gasteiger partial charge in [0, 0.05) is 26.2 Å². The van der Waals surface area contributed by atoms with Crippen LogP contribution in [-0.4, -0.2) is 59.8 Å². The van der Waals surface area contributed by atoms with Crippen molar-refractivity contribution in [2.24, 2.45) is 11.8 Å². The molecule has 0 aromatic carbocycles. The van der Waals surface area contributed by atoms with Crippen LogP contribution in [0.2, 0.25) is 0 Å². The number of ether oxygens (including phenoxy) is 1. The molecule has 0 aromatic heterocycles. The monoisotopic (exact) mass is 394 g/mol. The van der Waals surface area contributed by atoms with Crippen molar-refractivity contribution < 1.29 is 27.5 Å². The first-order chi connectivity index (χ1) is 12.4. The van der Waals surface area contributed by atoms with E-state index in [0.29, 0.717) is 13.1 Å². The fourth-order valence-corrected chi connectivity index (χ4v) is 3.13. The van der Waals surface area contributed by atoms with Crippen LogP contribution in [0, 0.1) is 11.8 Å². The van der Waals surface area contributed by atoms with E-state index in [1.807, 2.05) is 13.8 Å². The van der Waals surface area contributed by atoms with Gasteiger partial charge in [0.1, 0.15) is 5.60 Å². The average Bonchev–Trinajstić information content (AvgIpc) is 2.98. The van der Waals surface area contributed by atoms with Crippen molar-refractivity contribution >= 4 is 12.0 Å². The quantitative estimate of drug-likeness (QED) is 0.641. The minimum Gasteiger partial charge on any atom is -0.444 e. The van der Waals surface area contributed by atoms with Crippen LogP contribution in [0.5, 0.6) is 0 Å². The number of likely N-dealkylation sites (tertiary alicyclic amines) is 1. The van der Waals surface area contributed by atoms with Crippen LogP contribution in [0.25, 0.3) is 0 Å². The summed E-state index contributed by atoms with van der Waals surface area (Å²) in [5.74, 6) is -3.64. The summed E-state index contributed by atoms with van der Waals surface area (Å²) in [7, 11) is 0. The third-order valence-corrected chi connectivity index (χ3v) is 4.58. The topological polar surface area (TPSA) is 49.9 Å². The van der Waals surface area contributed by atoms with E-state index in [4.69, 9.17) is 4.74 Å². The zero-order valence-electron chi connectivity index (χ0n) is 17.1. The number of carbonyl (C=O) groups is 2. The van der Waals surface area contributed by atoms with Gasteiger partial charge in [0.25, 0.3) is 0 Å². The highest BCUT2D eigenvalue weighted by molar-refractivity contribution is 5.81. The third-order valence-electron chi connectivity index (χ3n) is 4.58. The Morgan fingerprint density at radius 1 is 1.04 bits per heavy atom. The Labute approximate surface area is 160 Å². The highest BCUT2D eigenvalue weighted by Crippen LogP contribution is 2.39. The fraction of sp³-hybridized carbons (Fsp3) is 0.895. The molecule has 1 saturated heterocycles. The van der Waals surface area contributed by atoms with Gasteiger partial charge in [-0.3, -0.25) is 4.79 Å². The van der Waals surface area contributed by atoms with Crippen LogP contribution < -0.4 is 0 Å². The van der Waals surface area contributed by atoms with Crippen LogP contribution in [0.15, 0.2) is 0 Å². The fourth-order valence-electron chi connectivity index (χ4n) is 3.13. The number of hydrogen-bond acceptors (Lipinski definition) is 3. The van der Waals surface area contributed by atoms with Crippen molar-refractivity contribution in [3.8, 4) is 0 Å². The first-order valence-electron chi connectivity index (χ1n) is 9.74. The van der Waals surface area contributed by atoms with Crippen LogP contribution in [-0.2, 0) is 9.53 Å². The van der Waals surface area contributed by atoms with Gasteiger partial charge >= 0.3 is 12.3 Å². The summed E-state index contributed by atoms with van der Waals surface area (Å²) in [4.78, 5) is 27.7. The largest absolute Gasteiger partial charge is 0.444 e. The van der Waals surface area contributed by atoms with E-state index >= 15 is 0 Å². The minimum absolute atomic E-state index is 0.257. The van der Waals surface area contributed by atoms with Gasteiger partial charge in [0.15, 0.2) is 0 Å². The predicted octanol–water partition coefficient (Wildman–Crippen LogP) is 4.46. The van der Waals surface area contributed by atoms with Crippen molar-refractivity contribution in [3.05, 3.63) is 0 Å². The van der Waals surface area contributed by atoms with Gasteiger partial charge in [0.05, 0.1) is 11.8 Å². The molecule has 27 heavy (non-hydrogen) atoms. The summed E-state index contributed by atoms with van der Waals surface area (Å²) in [5, 5.41) is 0. The van der Waals surface area contributed by atoms with E-state index in [2.05, 4.69) is 0 Å². The van der Waals surface area contributed by atoms with Crippen molar-refractivity contribution in [1.29, 1.82) is 0 Å². The number of rotatable bonds is 7. The maximum absolute atomic E-state index is 13.6. The molecule has 8 heteroatoms. The Kier molecular flexibility index (Phi) is 8.42. The van der Waals surface area contributed by atoms with Gasteiger partial charge in [-0.15, -0.1) is 0 Å². The molecular weight excluding hydrogens is 361 g/mol. The number of carbonyl (C=O) groups excluding carboxylic acids is 2. The Balaban J connectivity index is 2.98. The van der Waals surface area contributed by atoms with Gasteiger partial charge in [0.2, 0.25) is 5.91 Å². The molecule has 2 atom stereocenters. The molecule has 0 aromatic rings. The number of nitrogens with zero attached hydrogens (tertiary/aromatic N) is 2. The maximum atomic E-state index is 13.6. The van der Waals surface area contributed by atoms with E-state index in [1.54, 1.807) is 20.8 Å². The molecule has 0 spiro atoms. The van der Waals surface area contributed by atoms with Crippen molar-refractivity contribution in [2.75, 3.05) is 26.2 Å². The summed E-state index contributed by atoms with van der Waals surface area (Å²) in [6.45, 7) is 9.01. The van der Waals surface area contributed by atoms with Gasteiger partial charge in [-0.25, -0.2) is 4.79 Å². The highest BCUT2D eigenvalue weighted by atomic mass is 19.4. The first kappa shape index (κ1) is 23.6. The summed E-state index contributed by atoms with van der Waals surface area (Å²) in [6, 6.07) is 0. The van der Waals surface area contributed by atoms with E-state index in [1.165, 1.54) is 4.90 Å². The molecule has 0 unspecified atom stereocenters. The van der Waals surface area contributed by atoms with Gasteiger partial charge in [-0.2, -0.15) is 13.2 Å². The lowest BCUT2D eigenvalue weighted by molar-refractivity contribution is -0.185. The van der Waals surface area contributed by atoms with E-state index in [-0.39, 0.29) is 6.54 Å². The van der Waals surface area contributed by atoms with Gasteiger partial charge in [-0.05, 0) is 33.6 Å². The number of unbranched alkanes of at least 4 members (excludes halogenated alkanes) is 2. The molecule has 2 amide bonds. The summed E-state index contributed by atoms with van der Waals surface area (Å²) >= 11 is 0. The molecule has 1 aliphatic rings. The summed E-state index contributed by atoms with van der Waals surface area (Å²) in [6.07, 6.45) is -2.15. The standard InChI is InChI=1S/C19H33F3N2O3/c1-6-8-10-23(11-9-7-2)16(25)14-12-24(13-15(14)19(20,21)22)17(26)27-18(3,4)5/h14-15H,6-13H2,1-5H3/t14-,15-/m1/s1. The number of hydrogen-bond donors (Lipinski definition) is 0. The Hall–Kier alpha value is -1.47. The predicted molar refractivity (Wildman–Crippen MR) is 97.2 cm³/mol. The van der Waals surface area contributed by atoms with E-state index in [9.17, 15) is 22.8 Å². The molecule has 0 saturated carbocycles. The lowest BCUT2D eigenvalue weighted by Gasteiger charge is -2.28. The maximum Gasteiger partial charge on any atom is 0.410 e. The summed E-state index contributed by atoms with van der Waals surface area (Å²) in [5.41, 5.74) is -0.804. The molecule has 0 N–H and O–H groups in total. The molecule has 5 nitrogen and oxygen atoms in total. The molecule has 0 bridgehead atoms. The first-order valence-corrected chi connectivity index (χ1v) is 9.74. The second kappa shape index (κ2) is 9.64. The molecule has 0 aliphatic carbocycles. The second-order valence-corrected chi connectivity index (χ2v) is 8.17. The number of halogens is 3. The van der Waals surface area contributed by atoms with Crippen molar-refractivity contribution in [2.45, 2.75) is 72.1 Å². The number of alkyl halides is 3. The van der Waals surface area contributed by atoms with Crippen molar-refractivity contribution in [1.82, 2.24) is 9.80 Å². The normalized spacial score (nSPS) is 20.7. The van der Waals surface area contributed by atoms with Crippen LogP contribution >= 0.6 is 0 Å². The van der Waals surface area contributed by atoms with Crippen LogP contribution in [0.4, 0.5) is 18.0 Å². The second-order valence-electron chi connectivity index (χ2n) is 8.17. The SMILES string of the molecule is CCCCN(CCCC)C(=O)[C@@H]1CN(C(=O)OC(C)(C)C)C[C@H]1C(F)(F)F. The van der Waals surface area contributed by atoms with Gasteiger partial charge in [-0.1, -0.05) is 26.7 Å². The highest BCUT2D eigenvalue weighted by Gasteiger charge is 2.54.